The molecule has 0 radical (unpaired) electrons. The summed E-state index contributed by atoms with van der Waals surface area (Å²) < 4.78 is 5.44. The predicted molar refractivity (Wildman–Crippen MR) is 104 cm³/mol. The summed E-state index contributed by atoms with van der Waals surface area (Å²) in [6, 6.07) is 7.89. The van der Waals surface area contributed by atoms with E-state index in [4.69, 9.17) is 4.74 Å². The largest absolute Gasteiger partial charge is 0.381 e. The molecule has 3 atom stereocenters. The number of hydrogen-bond donors (Lipinski definition) is 2. The highest BCUT2D eigenvalue weighted by Gasteiger charge is 2.40. The van der Waals surface area contributed by atoms with Crippen LogP contribution in [0.5, 0.6) is 0 Å². The Bertz CT molecular complexity index is 624. The van der Waals surface area contributed by atoms with Crippen LogP contribution in [0.4, 0.5) is 0 Å². The molecular formula is C20H29N2O2P. The molecule has 0 bridgehead atoms. The quantitative estimate of drug-likeness (QED) is 0.794. The van der Waals surface area contributed by atoms with E-state index in [1.165, 1.54) is 24.8 Å². The number of carbonyl (C=O) groups is 1. The maximum atomic E-state index is 12.7. The van der Waals surface area contributed by atoms with Crippen molar-refractivity contribution in [3.8, 4) is 0 Å². The third-order valence-corrected chi connectivity index (χ3v) is 6.41. The standard InChI is InChI=1S/C20H29N2O2P/c23-20(22-14-3-1-2-4-14)17-11-13(5-6-19(17)25)16-12-18(16)21-15-7-9-24-10-8-15/h5-6,11,14-16,18,21H,1-4,7-10,12,25H2,(H,22,23). The first kappa shape index (κ1) is 17.5. The Morgan fingerprint density at radius 3 is 2.60 bits per heavy atom. The molecule has 1 heterocycles. The van der Waals surface area contributed by atoms with Crippen LogP contribution in [0.1, 0.15) is 66.8 Å². The van der Waals surface area contributed by atoms with Gasteiger partial charge in [-0.1, -0.05) is 25.0 Å². The Balaban J connectivity index is 1.38. The molecule has 0 aromatic heterocycles. The second kappa shape index (κ2) is 7.73. The monoisotopic (exact) mass is 360 g/mol. The van der Waals surface area contributed by atoms with Gasteiger partial charge in [-0.15, -0.1) is 9.24 Å². The number of benzene rings is 1. The van der Waals surface area contributed by atoms with Gasteiger partial charge in [-0.3, -0.25) is 4.79 Å². The van der Waals surface area contributed by atoms with Gasteiger partial charge in [0.25, 0.3) is 5.91 Å². The maximum Gasteiger partial charge on any atom is 0.252 e. The molecule has 5 heteroatoms. The topological polar surface area (TPSA) is 50.4 Å². The van der Waals surface area contributed by atoms with Crippen LogP contribution in [-0.4, -0.2) is 37.2 Å². The second-order valence-corrected chi connectivity index (χ2v) is 8.43. The molecule has 4 rings (SSSR count). The number of rotatable bonds is 5. The van der Waals surface area contributed by atoms with Crippen LogP contribution in [0.2, 0.25) is 0 Å². The SMILES string of the molecule is O=C(NC1CCCC1)c1cc(C2CC2NC2CCOCC2)ccc1P. The van der Waals surface area contributed by atoms with E-state index in [0.717, 1.165) is 49.8 Å². The molecule has 1 amide bonds. The van der Waals surface area contributed by atoms with Crippen LogP contribution in [0, 0.1) is 0 Å². The molecule has 1 aromatic rings. The Hall–Kier alpha value is -0.960. The first-order chi connectivity index (χ1) is 12.2. The van der Waals surface area contributed by atoms with Gasteiger partial charge in [0.2, 0.25) is 0 Å². The van der Waals surface area contributed by atoms with Gasteiger partial charge in [-0.05, 0) is 49.0 Å². The van der Waals surface area contributed by atoms with E-state index < -0.39 is 0 Å². The van der Waals surface area contributed by atoms with Crippen molar-refractivity contribution in [2.45, 2.75) is 69.0 Å². The van der Waals surface area contributed by atoms with Crippen molar-refractivity contribution in [2.24, 2.45) is 0 Å². The van der Waals surface area contributed by atoms with Crippen molar-refractivity contribution in [1.29, 1.82) is 0 Å². The van der Waals surface area contributed by atoms with Crippen LogP contribution < -0.4 is 15.9 Å². The molecule has 4 nitrogen and oxygen atoms in total. The van der Waals surface area contributed by atoms with Crippen molar-refractivity contribution in [1.82, 2.24) is 10.6 Å². The van der Waals surface area contributed by atoms with Gasteiger partial charge in [0.15, 0.2) is 0 Å². The zero-order valence-electron chi connectivity index (χ0n) is 14.8. The van der Waals surface area contributed by atoms with E-state index in [9.17, 15) is 4.79 Å². The average Bonchev–Trinajstić information content (AvgIpc) is 3.19. The fourth-order valence-corrected chi connectivity index (χ4v) is 4.56. The summed E-state index contributed by atoms with van der Waals surface area (Å²) in [7, 11) is 2.71. The number of nitrogens with one attached hydrogen (secondary N) is 2. The molecule has 3 unspecified atom stereocenters. The maximum absolute atomic E-state index is 12.7. The minimum atomic E-state index is 0.0911. The molecule has 1 aromatic carbocycles. The molecule has 2 N–H and O–H groups in total. The van der Waals surface area contributed by atoms with Crippen LogP contribution in [0.15, 0.2) is 18.2 Å². The fourth-order valence-electron chi connectivity index (χ4n) is 4.25. The van der Waals surface area contributed by atoms with E-state index in [2.05, 4.69) is 38.1 Å². The van der Waals surface area contributed by atoms with Gasteiger partial charge in [0.1, 0.15) is 0 Å². The van der Waals surface area contributed by atoms with Crippen LogP contribution >= 0.6 is 9.24 Å². The van der Waals surface area contributed by atoms with Crippen molar-refractivity contribution in [2.75, 3.05) is 13.2 Å². The first-order valence-corrected chi connectivity index (χ1v) is 10.3. The lowest BCUT2D eigenvalue weighted by atomic mass is 10.0. The van der Waals surface area contributed by atoms with Crippen molar-refractivity contribution < 1.29 is 9.53 Å². The minimum absolute atomic E-state index is 0.0911. The lowest BCUT2D eigenvalue weighted by Gasteiger charge is -2.23. The summed E-state index contributed by atoms with van der Waals surface area (Å²) in [5, 5.41) is 7.99. The molecule has 2 aliphatic carbocycles. The second-order valence-electron chi connectivity index (χ2n) is 7.80. The highest BCUT2D eigenvalue weighted by molar-refractivity contribution is 7.27. The summed E-state index contributed by atoms with van der Waals surface area (Å²) in [6.07, 6.45) is 8.12. The van der Waals surface area contributed by atoms with Crippen molar-refractivity contribution >= 4 is 20.5 Å². The van der Waals surface area contributed by atoms with Crippen molar-refractivity contribution in [3.05, 3.63) is 29.3 Å². The molecule has 3 aliphatic rings. The van der Waals surface area contributed by atoms with E-state index >= 15 is 0 Å². The molecule has 0 spiro atoms. The van der Waals surface area contributed by atoms with Crippen LogP contribution in [-0.2, 0) is 4.74 Å². The Morgan fingerprint density at radius 2 is 1.84 bits per heavy atom. The summed E-state index contributed by atoms with van der Waals surface area (Å²) in [5.41, 5.74) is 2.12. The third kappa shape index (κ3) is 4.24. The molecule has 2 saturated carbocycles. The Kier molecular flexibility index (Phi) is 5.40. The van der Waals surface area contributed by atoms with E-state index in [1.54, 1.807) is 0 Å². The zero-order valence-corrected chi connectivity index (χ0v) is 16.0. The molecule has 25 heavy (non-hydrogen) atoms. The van der Waals surface area contributed by atoms with E-state index in [-0.39, 0.29) is 5.91 Å². The number of hydrogen-bond acceptors (Lipinski definition) is 3. The van der Waals surface area contributed by atoms with Gasteiger partial charge in [0, 0.05) is 42.8 Å². The number of ether oxygens (including phenoxy) is 1. The van der Waals surface area contributed by atoms with Gasteiger partial charge in [-0.2, -0.15) is 0 Å². The summed E-state index contributed by atoms with van der Waals surface area (Å²) in [6.45, 7) is 1.75. The third-order valence-electron chi connectivity index (χ3n) is 5.90. The van der Waals surface area contributed by atoms with E-state index in [0.29, 0.717) is 24.0 Å². The van der Waals surface area contributed by atoms with Crippen LogP contribution in [0.25, 0.3) is 0 Å². The lowest BCUT2D eigenvalue weighted by Crippen LogP contribution is -2.36. The van der Waals surface area contributed by atoms with Crippen LogP contribution in [0.3, 0.4) is 0 Å². The van der Waals surface area contributed by atoms with Gasteiger partial charge in [-0.25, -0.2) is 0 Å². The number of amides is 1. The van der Waals surface area contributed by atoms with Gasteiger partial charge >= 0.3 is 0 Å². The zero-order chi connectivity index (χ0) is 17.2. The molecule has 1 saturated heterocycles. The smallest absolute Gasteiger partial charge is 0.252 e. The highest BCUT2D eigenvalue weighted by atomic mass is 31.0. The molecule has 1 aliphatic heterocycles. The summed E-state index contributed by atoms with van der Waals surface area (Å²) >= 11 is 0. The fraction of sp³-hybridized carbons (Fsp3) is 0.650. The molecule has 136 valence electrons. The Labute approximate surface area is 152 Å². The summed E-state index contributed by atoms with van der Waals surface area (Å²) in [5.74, 6) is 0.639. The Morgan fingerprint density at radius 1 is 1.08 bits per heavy atom. The molecular weight excluding hydrogens is 331 g/mol. The van der Waals surface area contributed by atoms with Gasteiger partial charge in [0.05, 0.1) is 0 Å². The average molecular weight is 360 g/mol. The van der Waals surface area contributed by atoms with Crippen molar-refractivity contribution in [3.63, 3.8) is 0 Å². The van der Waals surface area contributed by atoms with Gasteiger partial charge < -0.3 is 15.4 Å². The number of carbonyl (C=O) groups excluding carboxylic acids is 1. The van der Waals surface area contributed by atoms with E-state index in [1.807, 2.05) is 0 Å². The molecule has 3 fully saturated rings. The normalized spacial score (nSPS) is 27.4. The first-order valence-electron chi connectivity index (χ1n) is 9.75. The predicted octanol–water partition coefficient (Wildman–Crippen LogP) is 2.48. The lowest BCUT2D eigenvalue weighted by molar-refractivity contribution is 0.0774. The highest BCUT2D eigenvalue weighted by Crippen LogP contribution is 2.41. The summed E-state index contributed by atoms with van der Waals surface area (Å²) in [4.78, 5) is 12.7. The minimum Gasteiger partial charge on any atom is -0.381 e.